The van der Waals surface area contributed by atoms with Gasteiger partial charge < -0.3 is 5.73 Å². The van der Waals surface area contributed by atoms with Crippen LogP contribution in [0.5, 0.6) is 0 Å². The molecule has 5 heteroatoms. The summed E-state index contributed by atoms with van der Waals surface area (Å²) in [6.07, 6.45) is 1.61. The Morgan fingerprint density at radius 1 is 1.64 bits per heavy atom. The number of pyridine rings is 1. The summed E-state index contributed by atoms with van der Waals surface area (Å²) in [7, 11) is 0. The third kappa shape index (κ3) is 2.03. The minimum atomic E-state index is 0.0883. The average molecular weight is 188 g/mol. The van der Waals surface area contributed by atoms with E-state index in [1.165, 1.54) is 0 Å². The summed E-state index contributed by atoms with van der Waals surface area (Å²) >= 11 is 10.3. The van der Waals surface area contributed by atoms with Crippen molar-refractivity contribution in [3.63, 3.8) is 0 Å². The van der Waals surface area contributed by atoms with E-state index in [9.17, 15) is 0 Å². The monoisotopic (exact) mass is 187 g/mol. The number of rotatable bonds is 1. The van der Waals surface area contributed by atoms with E-state index in [0.29, 0.717) is 5.82 Å². The minimum Gasteiger partial charge on any atom is -0.375 e. The normalized spacial score (nSPS) is 9.18. The lowest BCUT2D eigenvalue weighted by Gasteiger charge is -2.10. The number of hydrogen-bond donors (Lipinski definition) is 1. The van der Waals surface area contributed by atoms with Crippen molar-refractivity contribution in [2.24, 2.45) is 5.73 Å². The summed E-state index contributed by atoms with van der Waals surface area (Å²) in [6.45, 7) is 0. The minimum absolute atomic E-state index is 0.0883. The second-order valence-corrected chi connectivity index (χ2v) is 2.56. The maximum Gasteiger partial charge on any atom is 0.187 e. The van der Waals surface area contributed by atoms with E-state index in [-0.39, 0.29) is 5.11 Å². The van der Waals surface area contributed by atoms with E-state index in [2.05, 4.69) is 17.2 Å². The van der Waals surface area contributed by atoms with Gasteiger partial charge in [-0.15, -0.1) is 0 Å². The zero-order chi connectivity index (χ0) is 8.27. The van der Waals surface area contributed by atoms with Crippen molar-refractivity contribution in [1.82, 2.24) is 4.98 Å². The molecule has 2 N–H and O–H groups in total. The highest BCUT2D eigenvalue weighted by molar-refractivity contribution is 7.80. The summed E-state index contributed by atoms with van der Waals surface area (Å²) in [6, 6.07) is 5.30. The van der Waals surface area contributed by atoms with Crippen LogP contribution in [-0.4, -0.2) is 10.1 Å². The van der Waals surface area contributed by atoms with Crippen LogP contribution >= 0.6 is 24.0 Å². The second kappa shape index (κ2) is 3.50. The molecule has 1 aromatic rings. The Kier molecular flexibility index (Phi) is 2.62. The molecule has 1 heterocycles. The number of halogens is 1. The fraction of sp³-hybridized carbons (Fsp3) is 0. The third-order valence-electron chi connectivity index (χ3n) is 1.04. The van der Waals surface area contributed by atoms with Crippen LogP contribution in [0.3, 0.4) is 0 Å². The largest absolute Gasteiger partial charge is 0.375 e. The van der Waals surface area contributed by atoms with Gasteiger partial charge in [0.2, 0.25) is 0 Å². The molecule has 0 saturated carbocycles. The van der Waals surface area contributed by atoms with Crippen molar-refractivity contribution in [3.05, 3.63) is 24.4 Å². The highest BCUT2D eigenvalue weighted by Gasteiger charge is 2.04. The predicted octanol–water partition coefficient (Wildman–Crippen LogP) is 1.29. The van der Waals surface area contributed by atoms with Gasteiger partial charge in [0.15, 0.2) is 5.11 Å². The SMILES string of the molecule is NC(=S)N(Cl)c1ccccn1. The van der Waals surface area contributed by atoms with Crippen molar-refractivity contribution in [2.45, 2.75) is 0 Å². The molecule has 0 amide bonds. The maximum absolute atomic E-state index is 5.65. The van der Waals surface area contributed by atoms with E-state index >= 15 is 0 Å². The summed E-state index contributed by atoms with van der Waals surface area (Å²) in [5.74, 6) is 0.529. The fourth-order valence-corrected chi connectivity index (χ4v) is 0.776. The maximum atomic E-state index is 5.65. The van der Waals surface area contributed by atoms with Gasteiger partial charge in [-0.1, -0.05) is 6.07 Å². The molecule has 0 aliphatic heterocycles. The van der Waals surface area contributed by atoms with E-state index in [0.717, 1.165) is 4.42 Å². The van der Waals surface area contributed by atoms with Crippen LogP contribution in [0.25, 0.3) is 0 Å². The summed E-state index contributed by atoms with van der Waals surface area (Å²) in [5, 5.41) is 0.0883. The number of anilines is 1. The van der Waals surface area contributed by atoms with Gasteiger partial charge in [-0.25, -0.2) is 9.40 Å². The van der Waals surface area contributed by atoms with E-state index in [4.69, 9.17) is 17.5 Å². The van der Waals surface area contributed by atoms with Gasteiger partial charge in [0.1, 0.15) is 5.82 Å². The van der Waals surface area contributed by atoms with Gasteiger partial charge in [0.25, 0.3) is 0 Å². The molecule has 1 aromatic heterocycles. The Hall–Kier alpha value is -0.870. The molecule has 1 rings (SSSR count). The van der Waals surface area contributed by atoms with Crippen LogP contribution in [0.1, 0.15) is 0 Å². The summed E-state index contributed by atoms with van der Waals surface area (Å²) in [4.78, 5) is 3.93. The Morgan fingerprint density at radius 2 is 2.36 bits per heavy atom. The van der Waals surface area contributed by atoms with E-state index in [1.54, 1.807) is 24.4 Å². The van der Waals surface area contributed by atoms with Crippen molar-refractivity contribution in [3.8, 4) is 0 Å². The van der Waals surface area contributed by atoms with Gasteiger partial charge in [-0.05, 0) is 24.4 Å². The average Bonchev–Trinajstić information content (AvgIpc) is 2.05. The standard InChI is InChI=1S/C6H6ClN3S/c7-10(6(8)11)5-3-1-2-4-9-5/h1-4H,(H2,8,11). The van der Waals surface area contributed by atoms with Crippen LogP contribution in [0.2, 0.25) is 0 Å². The molecule has 0 aliphatic rings. The van der Waals surface area contributed by atoms with Gasteiger partial charge in [-0.3, -0.25) is 0 Å². The summed E-state index contributed by atoms with van der Waals surface area (Å²) in [5.41, 5.74) is 5.25. The molecule has 0 unspecified atom stereocenters. The van der Waals surface area contributed by atoms with E-state index in [1.807, 2.05) is 0 Å². The Labute approximate surface area is 74.9 Å². The first-order valence-corrected chi connectivity index (χ1v) is 3.63. The van der Waals surface area contributed by atoms with Crippen molar-refractivity contribution in [2.75, 3.05) is 4.42 Å². The highest BCUT2D eigenvalue weighted by atomic mass is 35.5. The molecule has 11 heavy (non-hydrogen) atoms. The molecule has 0 saturated heterocycles. The zero-order valence-corrected chi connectivity index (χ0v) is 7.14. The fourth-order valence-electron chi connectivity index (χ4n) is 0.583. The van der Waals surface area contributed by atoms with Crippen molar-refractivity contribution < 1.29 is 0 Å². The zero-order valence-electron chi connectivity index (χ0n) is 5.57. The molecule has 58 valence electrons. The molecule has 0 spiro atoms. The molecule has 0 atom stereocenters. The first kappa shape index (κ1) is 8.23. The molecule has 0 aliphatic carbocycles. The van der Waals surface area contributed by atoms with Crippen LogP contribution in [-0.2, 0) is 0 Å². The van der Waals surface area contributed by atoms with Crippen LogP contribution in [0.4, 0.5) is 5.82 Å². The van der Waals surface area contributed by atoms with Crippen LogP contribution < -0.4 is 10.2 Å². The molecule has 0 aromatic carbocycles. The predicted molar refractivity (Wildman–Crippen MR) is 49.4 cm³/mol. The first-order chi connectivity index (χ1) is 5.22. The molecule has 0 radical (unpaired) electrons. The number of thiocarbonyl (C=S) groups is 1. The quantitative estimate of drug-likeness (QED) is 0.532. The number of nitrogens with two attached hydrogens (primary N) is 1. The van der Waals surface area contributed by atoms with E-state index < -0.39 is 0 Å². The van der Waals surface area contributed by atoms with Gasteiger partial charge in [-0.2, -0.15) is 0 Å². The van der Waals surface area contributed by atoms with Crippen molar-refractivity contribution >= 4 is 34.9 Å². The molecular weight excluding hydrogens is 182 g/mol. The topological polar surface area (TPSA) is 42.1 Å². The van der Waals surface area contributed by atoms with Gasteiger partial charge >= 0.3 is 0 Å². The first-order valence-electron chi connectivity index (χ1n) is 2.88. The third-order valence-corrected chi connectivity index (χ3v) is 1.68. The Bertz CT molecular complexity index is 251. The smallest absolute Gasteiger partial charge is 0.187 e. The van der Waals surface area contributed by atoms with Crippen LogP contribution in [0.15, 0.2) is 24.4 Å². The molecule has 0 fully saturated rings. The Morgan fingerprint density at radius 3 is 2.82 bits per heavy atom. The Balaban J connectivity index is 2.85. The number of aromatic nitrogens is 1. The molecule has 3 nitrogen and oxygen atoms in total. The summed E-state index contributed by atoms with van der Waals surface area (Å²) < 4.78 is 1.12. The highest BCUT2D eigenvalue weighted by Crippen LogP contribution is 2.10. The number of nitrogens with zero attached hydrogens (tertiary/aromatic N) is 2. The molecular formula is C6H6ClN3S. The van der Waals surface area contributed by atoms with Gasteiger partial charge in [0.05, 0.1) is 0 Å². The number of hydrogen-bond acceptors (Lipinski definition) is 2. The van der Waals surface area contributed by atoms with Crippen molar-refractivity contribution in [1.29, 1.82) is 0 Å². The lowest BCUT2D eigenvalue weighted by molar-refractivity contribution is 1.27. The molecule has 0 bridgehead atoms. The lowest BCUT2D eigenvalue weighted by Crippen LogP contribution is -2.27. The van der Waals surface area contributed by atoms with Gasteiger partial charge in [0, 0.05) is 18.0 Å². The van der Waals surface area contributed by atoms with Crippen LogP contribution in [0, 0.1) is 0 Å². The lowest BCUT2D eigenvalue weighted by atomic mass is 10.5. The second-order valence-electron chi connectivity index (χ2n) is 1.81.